The Balaban J connectivity index is 2.01. The number of aromatic nitrogens is 4. The van der Waals surface area contributed by atoms with E-state index in [1.54, 1.807) is 51.4 Å². The predicted octanol–water partition coefficient (Wildman–Crippen LogP) is 6.46. The highest BCUT2D eigenvalue weighted by molar-refractivity contribution is 14.1. The predicted molar refractivity (Wildman–Crippen MR) is 140 cm³/mol. The third kappa shape index (κ3) is 5.20. The van der Waals surface area contributed by atoms with Crippen LogP contribution in [0.4, 0.5) is 11.5 Å². The lowest BCUT2D eigenvalue weighted by Gasteiger charge is -2.33. The topological polar surface area (TPSA) is 117 Å². The maximum absolute atomic E-state index is 13.7. The highest BCUT2D eigenvalue weighted by Crippen LogP contribution is 2.70. The quantitative estimate of drug-likeness (QED) is 0.139. The molecule has 1 aromatic carbocycles. The molecule has 3 rings (SSSR count). The number of fused-ring (bicyclic) bond motifs is 1. The highest BCUT2D eigenvalue weighted by atomic mass is 127. The first-order chi connectivity index (χ1) is 16.2. The maximum atomic E-state index is 13.7. The van der Waals surface area contributed by atoms with Crippen molar-refractivity contribution < 1.29 is 22.9 Å². The zero-order valence-corrected chi connectivity index (χ0v) is 23.6. The molecule has 0 aliphatic rings. The van der Waals surface area contributed by atoms with Gasteiger partial charge in [-0.25, -0.2) is 15.0 Å². The molecule has 0 fully saturated rings. The van der Waals surface area contributed by atoms with Gasteiger partial charge in [0.25, 0.3) is 5.08 Å². The smallest absolute Gasteiger partial charge is 0.349 e. The first kappa shape index (κ1) is 27.1. The summed E-state index contributed by atoms with van der Waals surface area (Å²) in [5.41, 5.74) is 2.50. The van der Waals surface area contributed by atoms with E-state index in [9.17, 15) is 9.13 Å². The van der Waals surface area contributed by atoms with Crippen LogP contribution in [-0.2, 0) is 28.0 Å². The van der Waals surface area contributed by atoms with Gasteiger partial charge in [0.2, 0.25) is 8.46 Å². The van der Waals surface area contributed by atoms with E-state index in [0.717, 1.165) is 5.65 Å². The normalized spacial score (nSPS) is 14.1. The first-order valence-corrected chi connectivity index (χ1v) is 14.3. The van der Waals surface area contributed by atoms with Gasteiger partial charge in [-0.2, -0.15) is 0 Å². The van der Waals surface area contributed by atoms with Gasteiger partial charge in [-0.3, -0.25) is 9.13 Å². The molecule has 0 radical (unpaired) electrons. The average Bonchev–Trinajstić information content (AvgIpc) is 3.22. The SMILES string of the molecule is CCOC(P=O)(c1ccc(Nc2nc(I)nc3c2ncn3C(C)C)cc1)P(=O)(OCC)OCC. The Morgan fingerprint density at radius 1 is 1.12 bits per heavy atom. The molecule has 13 heteroatoms. The summed E-state index contributed by atoms with van der Waals surface area (Å²) in [7, 11) is -4.45. The Morgan fingerprint density at radius 3 is 2.29 bits per heavy atom. The zero-order chi connectivity index (χ0) is 24.9. The molecule has 0 aliphatic heterocycles. The summed E-state index contributed by atoms with van der Waals surface area (Å²) in [5.74, 6) is 0.564. The average molecular weight is 619 g/mol. The van der Waals surface area contributed by atoms with Crippen molar-refractivity contribution in [1.82, 2.24) is 19.5 Å². The number of ether oxygens (including phenoxy) is 1. The van der Waals surface area contributed by atoms with Crippen LogP contribution in [0.5, 0.6) is 0 Å². The maximum Gasteiger partial charge on any atom is 0.378 e. The first-order valence-electron chi connectivity index (χ1n) is 10.9. The number of benzene rings is 1. The number of rotatable bonds is 12. The Hall–Kier alpha value is -1.49. The van der Waals surface area contributed by atoms with E-state index in [0.29, 0.717) is 26.4 Å². The Kier molecular flexibility index (Phi) is 9.16. The van der Waals surface area contributed by atoms with Crippen LogP contribution in [0.15, 0.2) is 30.6 Å². The van der Waals surface area contributed by atoms with Gasteiger partial charge < -0.3 is 23.7 Å². The summed E-state index contributed by atoms with van der Waals surface area (Å²) >= 11 is 2.07. The highest BCUT2D eigenvalue weighted by Gasteiger charge is 2.55. The summed E-state index contributed by atoms with van der Waals surface area (Å²) in [6.07, 6.45) is 1.75. The number of nitrogens with zero attached hydrogens (tertiary/aromatic N) is 4. The van der Waals surface area contributed by atoms with Gasteiger partial charge in [-0.1, -0.05) is 12.1 Å². The van der Waals surface area contributed by atoms with Crippen LogP contribution in [0.1, 0.15) is 46.2 Å². The fraction of sp³-hybridized carbons (Fsp3) is 0.476. The number of nitrogens with one attached hydrogen (secondary N) is 1. The fourth-order valence-corrected chi connectivity index (χ4v) is 6.97. The largest absolute Gasteiger partial charge is 0.378 e. The molecular formula is C21H28IN5O5P2. The Morgan fingerprint density at radius 2 is 1.76 bits per heavy atom. The molecule has 0 spiro atoms. The van der Waals surface area contributed by atoms with E-state index in [2.05, 4.69) is 56.7 Å². The minimum atomic E-state index is -3.93. The van der Waals surface area contributed by atoms with E-state index in [1.807, 2.05) is 4.57 Å². The second-order valence-corrected chi connectivity index (χ2v) is 11.7. The fourth-order valence-electron chi connectivity index (χ4n) is 3.47. The van der Waals surface area contributed by atoms with Crippen LogP contribution in [0, 0.1) is 3.83 Å². The van der Waals surface area contributed by atoms with E-state index in [-0.39, 0.29) is 25.9 Å². The molecule has 2 heterocycles. The summed E-state index contributed by atoms with van der Waals surface area (Å²) in [6, 6.07) is 7.09. The van der Waals surface area contributed by atoms with Crippen molar-refractivity contribution >= 4 is 61.3 Å². The standard InChI is InChI=1S/C21H28IN5O5P2/c1-6-30-21(33-28,34(29,31-7-2)32-8-3)15-9-11-16(12-10-15)24-18-17-19(26-20(22)25-18)27(13-23-17)14(4)5/h9-14H,6-8H2,1-5H3,(H,24,25,26). The molecule has 3 aromatic rings. The van der Waals surface area contributed by atoms with Crippen LogP contribution in [0.25, 0.3) is 11.2 Å². The lowest BCUT2D eigenvalue weighted by Crippen LogP contribution is -2.26. The molecule has 1 atom stereocenters. The van der Waals surface area contributed by atoms with Crippen molar-refractivity contribution in [3.05, 3.63) is 40.0 Å². The molecule has 34 heavy (non-hydrogen) atoms. The molecule has 184 valence electrons. The summed E-state index contributed by atoms with van der Waals surface area (Å²) in [6.45, 7) is 9.64. The van der Waals surface area contributed by atoms with Crippen molar-refractivity contribution in [3.8, 4) is 0 Å². The number of halogens is 1. The van der Waals surface area contributed by atoms with E-state index >= 15 is 0 Å². The van der Waals surface area contributed by atoms with Crippen molar-refractivity contribution in [2.75, 3.05) is 25.1 Å². The molecular weight excluding hydrogens is 591 g/mol. The van der Waals surface area contributed by atoms with Crippen LogP contribution in [0.3, 0.4) is 0 Å². The molecule has 0 saturated carbocycles. The van der Waals surface area contributed by atoms with E-state index in [4.69, 9.17) is 13.8 Å². The molecule has 0 saturated heterocycles. The van der Waals surface area contributed by atoms with Crippen LogP contribution >= 0.6 is 38.6 Å². The van der Waals surface area contributed by atoms with Crippen molar-refractivity contribution in [1.29, 1.82) is 0 Å². The molecule has 0 aliphatic carbocycles. The third-order valence-corrected chi connectivity index (χ3v) is 9.34. The van der Waals surface area contributed by atoms with Gasteiger partial charge >= 0.3 is 7.60 Å². The third-order valence-electron chi connectivity index (χ3n) is 4.91. The number of imidazole rings is 1. The minimum Gasteiger partial charge on any atom is -0.349 e. The monoisotopic (exact) mass is 619 g/mol. The second kappa shape index (κ2) is 11.5. The zero-order valence-electron chi connectivity index (χ0n) is 19.7. The molecule has 0 bridgehead atoms. The summed E-state index contributed by atoms with van der Waals surface area (Å²) < 4.78 is 45.4. The molecule has 1 N–H and O–H groups in total. The van der Waals surface area contributed by atoms with Gasteiger partial charge in [0.05, 0.1) is 19.5 Å². The lowest BCUT2D eigenvalue weighted by molar-refractivity contribution is 0.0505. The van der Waals surface area contributed by atoms with Crippen molar-refractivity contribution in [2.24, 2.45) is 0 Å². The van der Waals surface area contributed by atoms with Gasteiger partial charge in [0, 0.05) is 46.5 Å². The lowest BCUT2D eigenvalue weighted by atomic mass is 10.2. The number of hydrogen-bond donors (Lipinski definition) is 1. The van der Waals surface area contributed by atoms with Gasteiger partial charge in [-0.05, 0) is 46.8 Å². The van der Waals surface area contributed by atoms with Crippen LogP contribution in [0.2, 0.25) is 0 Å². The Bertz CT molecular complexity index is 1180. The molecule has 0 amide bonds. The van der Waals surface area contributed by atoms with Gasteiger partial charge in [0.1, 0.15) is 0 Å². The number of anilines is 2. The van der Waals surface area contributed by atoms with Gasteiger partial charge in [-0.15, -0.1) is 0 Å². The number of hydrogen-bond acceptors (Lipinski definition) is 9. The van der Waals surface area contributed by atoms with Crippen molar-refractivity contribution in [2.45, 2.75) is 45.7 Å². The molecule has 1 unspecified atom stereocenters. The summed E-state index contributed by atoms with van der Waals surface area (Å²) in [5, 5.41) is 1.50. The molecule has 2 aromatic heterocycles. The van der Waals surface area contributed by atoms with Crippen molar-refractivity contribution in [3.63, 3.8) is 0 Å². The van der Waals surface area contributed by atoms with Gasteiger partial charge in [0.15, 0.2) is 20.8 Å². The van der Waals surface area contributed by atoms with E-state index in [1.165, 1.54) is 0 Å². The molecule has 10 nitrogen and oxygen atoms in total. The van der Waals surface area contributed by atoms with E-state index < -0.39 is 21.1 Å². The minimum absolute atomic E-state index is 0.118. The van der Waals surface area contributed by atoms with Crippen LogP contribution < -0.4 is 5.32 Å². The summed E-state index contributed by atoms with van der Waals surface area (Å²) in [4.78, 5) is 13.5. The Labute approximate surface area is 214 Å². The second-order valence-electron chi connectivity index (χ2n) is 7.43. The van der Waals surface area contributed by atoms with Crippen LogP contribution in [-0.4, -0.2) is 39.3 Å².